The standard InChI is InChI=1S/C12H22N6/c1-6-13-9-15-10(14-8-7-12(8,2)3)17-11(16-9)18(4)5/h8H,6-7H2,1-5H3,(H2,13,14,15,16,17). The molecule has 2 N–H and O–H groups in total. The topological polar surface area (TPSA) is 66.0 Å². The van der Waals surface area contributed by atoms with Crippen LogP contribution in [0.5, 0.6) is 0 Å². The monoisotopic (exact) mass is 250 g/mol. The number of nitrogens with one attached hydrogen (secondary N) is 2. The molecular formula is C12H22N6. The first kappa shape index (κ1) is 12.9. The quantitative estimate of drug-likeness (QED) is 0.827. The van der Waals surface area contributed by atoms with Crippen molar-refractivity contribution >= 4 is 17.8 Å². The molecule has 18 heavy (non-hydrogen) atoms. The predicted molar refractivity (Wildman–Crippen MR) is 74.1 cm³/mol. The van der Waals surface area contributed by atoms with Crippen LogP contribution in [0.3, 0.4) is 0 Å². The zero-order chi connectivity index (χ0) is 13.3. The van der Waals surface area contributed by atoms with Gasteiger partial charge in [-0.2, -0.15) is 15.0 Å². The van der Waals surface area contributed by atoms with Crippen LogP contribution in [-0.4, -0.2) is 41.6 Å². The molecule has 1 aromatic rings. The Bertz CT molecular complexity index is 429. The third-order valence-corrected chi connectivity index (χ3v) is 3.18. The molecule has 0 saturated heterocycles. The molecule has 1 aliphatic rings. The summed E-state index contributed by atoms with van der Waals surface area (Å²) in [6.07, 6.45) is 1.16. The van der Waals surface area contributed by atoms with E-state index in [0.717, 1.165) is 13.0 Å². The Morgan fingerprint density at radius 3 is 2.33 bits per heavy atom. The van der Waals surface area contributed by atoms with E-state index in [1.807, 2.05) is 25.9 Å². The fourth-order valence-corrected chi connectivity index (χ4v) is 1.74. The van der Waals surface area contributed by atoms with E-state index in [1.165, 1.54) is 0 Å². The van der Waals surface area contributed by atoms with E-state index in [9.17, 15) is 0 Å². The summed E-state index contributed by atoms with van der Waals surface area (Å²) in [5.41, 5.74) is 0.350. The maximum atomic E-state index is 4.41. The molecule has 6 nitrogen and oxygen atoms in total. The largest absolute Gasteiger partial charge is 0.354 e. The molecule has 0 bridgehead atoms. The lowest BCUT2D eigenvalue weighted by Gasteiger charge is -2.14. The molecule has 0 aliphatic heterocycles. The predicted octanol–water partition coefficient (Wildman–Crippen LogP) is 1.58. The van der Waals surface area contributed by atoms with Gasteiger partial charge in [0.05, 0.1) is 0 Å². The van der Waals surface area contributed by atoms with Gasteiger partial charge in [0, 0.05) is 26.7 Å². The first-order valence-corrected chi connectivity index (χ1v) is 6.36. The molecule has 1 aliphatic carbocycles. The van der Waals surface area contributed by atoms with Crippen LogP contribution in [0.1, 0.15) is 27.2 Å². The molecule has 0 aromatic carbocycles. The molecule has 0 spiro atoms. The Kier molecular flexibility index (Phi) is 3.28. The molecule has 1 unspecified atom stereocenters. The average molecular weight is 250 g/mol. The van der Waals surface area contributed by atoms with E-state index in [-0.39, 0.29) is 0 Å². The van der Waals surface area contributed by atoms with Crippen molar-refractivity contribution in [3.63, 3.8) is 0 Å². The van der Waals surface area contributed by atoms with E-state index < -0.39 is 0 Å². The summed E-state index contributed by atoms with van der Waals surface area (Å²) in [6.45, 7) is 7.30. The average Bonchev–Trinajstić information content (AvgIpc) is 2.85. The van der Waals surface area contributed by atoms with Crippen LogP contribution in [0.15, 0.2) is 0 Å². The molecule has 1 aromatic heterocycles. The maximum Gasteiger partial charge on any atom is 0.231 e. The van der Waals surface area contributed by atoms with Gasteiger partial charge in [0.2, 0.25) is 17.8 Å². The highest BCUT2D eigenvalue weighted by molar-refractivity contribution is 5.44. The summed E-state index contributed by atoms with van der Waals surface area (Å²) < 4.78 is 0. The van der Waals surface area contributed by atoms with Crippen LogP contribution in [-0.2, 0) is 0 Å². The third kappa shape index (κ3) is 2.80. The maximum absolute atomic E-state index is 4.41. The summed E-state index contributed by atoms with van der Waals surface area (Å²) in [4.78, 5) is 15.0. The highest BCUT2D eigenvalue weighted by Crippen LogP contribution is 2.46. The van der Waals surface area contributed by atoms with Gasteiger partial charge >= 0.3 is 0 Å². The van der Waals surface area contributed by atoms with Crippen LogP contribution in [0.2, 0.25) is 0 Å². The van der Waals surface area contributed by atoms with Gasteiger partial charge in [-0.15, -0.1) is 0 Å². The van der Waals surface area contributed by atoms with Crippen LogP contribution in [0.25, 0.3) is 0 Å². The summed E-state index contributed by atoms with van der Waals surface area (Å²) in [6, 6.07) is 0.462. The smallest absolute Gasteiger partial charge is 0.231 e. The van der Waals surface area contributed by atoms with Crippen molar-refractivity contribution in [2.24, 2.45) is 5.41 Å². The third-order valence-electron chi connectivity index (χ3n) is 3.18. The molecule has 1 atom stereocenters. The molecule has 2 rings (SSSR count). The van der Waals surface area contributed by atoms with E-state index in [1.54, 1.807) is 0 Å². The van der Waals surface area contributed by atoms with Gasteiger partial charge in [0.15, 0.2) is 0 Å². The second kappa shape index (κ2) is 4.59. The molecular weight excluding hydrogens is 228 g/mol. The van der Waals surface area contributed by atoms with Crippen molar-refractivity contribution in [3.05, 3.63) is 0 Å². The van der Waals surface area contributed by atoms with Crippen molar-refractivity contribution in [3.8, 4) is 0 Å². The molecule has 0 radical (unpaired) electrons. The molecule has 100 valence electrons. The van der Waals surface area contributed by atoms with Crippen LogP contribution < -0.4 is 15.5 Å². The lowest BCUT2D eigenvalue weighted by Crippen LogP contribution is -2.18. The Hall–Kier alpha value is -1.59. The van der Waals surface area contributed by atoms with Gasteiger partial charge in [0.25, 0.3) is 0 Å². The van der Waals surface area contributed by atoms with Gasteiger partial charge in [-0.05, 0) is 18.8 Å². The zero-order valence-corrected chi connectivity index (χ0v) is 11.8. The summed E-state index contributed by atoms with van der Waals surface area (Å²) in [5, 5.41) is 6.50. The number of rotatable bonds is 5. The van der Waals surface area contributed by atoms with E-state index in [0.29, 0.717) is 29.3 Å². The molecule has 6 heteroatoms. The second-order valence-corrected chi connectivity index (χ2v) is 5.60. The minimum atomic E-state index is 0.350. The van der Waals surface area contributed by atoms with Crippen LogP contribution >= 0.6 is 0 Å². The number of nitrogens with zero attached hydrogens (tertiary/aromatic N) is 4. The second-order valence-electron chi connectivity index (χ2n) is 5.60. The highest BCUT2D eigenvalue weighted by Gasteiger charge is 2.46. The molecule has 1 heterocycles. The minimum Gasteiger partial charge on any atom is -0.354 e. The van der Waals surface area contributed by atoms with Gasteiger partial charge in [-0.1, -0.05) is 13.8 Å². The summed E-state index contributed by atoms with van der Waals surface area (Å²) >= 11 is 0. The van der Waals surface area contributed by atoms with Gasteiger partial charge < -0.3 is 15.5 Å². The Morgan fingerprint density at radius 1 is 1.22 bits per heavy atom. The number of hydrogen-bond acceptors (Lipinski definition) is 6. The van der Waals surface area contributed by atoms with Crippen molar-refractivity contribution in [1.82, 2.24) is 15.0 Å². The van der Waals surface area contributed by atoms with Gasteiger partial charge in [-0.3, -0.25) is 0 Å². The highest BCUT2D eigenvalue weighted by atomic mass is 15.3. The fourth-order valence-electron chi connectivity index (χ4n) is 1.74. The first-order valence-electron chi connectivity index (χ1n) is 6.36. The van der Waals surface area contributed by atoms with Crippen molar-refractivity contribution in [2.75, 3.05) is 36.2 Å². The Balaban J connectivity index is 2.18. The van der Waals surface area contributed by atoms with Gasteiger partial charge in [-0.25, -0.2) is 0 Å². The van der Waals surface area contributed by atoms with Crippen molar-refractivity contribution in [2.45, 2.75) is 33.2 Å². The number of hydrogen-bond donors (Lipinski definition) is 2. The van der Waals surface area contributed by atoms with Crippen LogP contribution in [0.4, 0.5) is 17.8 Å². The fraction of sp³-hybridized carbons (Fsp3) is 0.750. The van der Waals surface area contributed by atoms with Gasteiger partial charge in [0.1, 0.15) is 0 Å². The Labute approximate surface area is 108 Å². The lowest BCUT2D eigenvalue weighted by molar-refractivity contribution is 0.628. The zero-order valence-electron chi connectivity index (χ0n) is 11.8. The summed E-state index contributed by atoms with van der Waals surface area (Å²) in [7, 11) is 3.85. The molecule has 0 amide bonds. The summed E-state index contributed by atoms with van der Waals surface area (Å²) in [5.74, 6) is 1.94. The first-order chi connectivity index (χ1) is 8.42. The Morgan fingerprint density at radius 2 is 1.83 bits per heavy atom. The van der Waals surface area contributed by atoms with Crippen molar-refractivity contribution < 1.29 is 0 Å². The molecule has 1 fully saturated rings. The lowest BCUT2D eigenvalue weighted by atomic mass is 10.2. The minimum absolute atomic E-state index is 0.350. The van der Waals surface area contributed by atoms with Crippen LogP contribution in [0, 0.1) is 5.41 Å². The normalized spacial score (nSPS) is 20.4. The number of aromatic nitrogens is 3. The number of anilines is 3. The van der Waals surface area contributed by atoms with E-state index >= 15 is 0 Å². The van der Waals surface area contributed by atoms with E-state index in [2.05, 4.69) is 39.4 Å². The molecule has 1 saturated carbocycles. The van der Waals surface area contributed by atoms with Crippen molar-refractivity contribution in [1.29, 1.82) is 0 Å². The SMILES string of the molecule is CCNc1nc(NC2CC2(C)C)nc(N(C)C)n1. The van der Waals surface area contributed by atoms with E-state index in [4.69, 9.17) is 0 Å².